The first-order valence-electron chi connectivity index (χ1n) is 11.2. The molecule has 176 valence electrons. The first kappa shape index (κ1) is 30.3. The van der Waals surface area contributed by atoms with Gasteiger partial charge in [0.15, 0.2) is 0 Å². The molecule has 0 aliphatic heterocycles. The molecule has 0 atom stereocenters. The van der Waals surface area contributed by atoms with Gasteiger partial charge in [-0.2, -0.15) is 0 Å². The first-order chi connectivity index (χ1) is 15.6. The maximum absolute atomic E-state index is 3.78. The van der Waals surface area contributed by atoms with Crippen LogP contribution in [-0.4, -0.2) is 13.3 Å². The Hall–Kier alpha value is -2.69. The lowest BCUT2D eigenvalue weighted by Crippen LogP contribution is -1.95. The van der Waals surface area contributed by atoms with E-state index >= 15 is 0 Å². The summed E-state index contributed by atoms with van der Waals surface area (Å²) < 4.78 is 0. The maximum Gasteiger partial charge on any atom is -0.0204 e. The summed E-state index contributed by atoms with van der Waals surface area (Å²) in [5.74, 6) is 0. The zero-order chi connectivity index (χ0) is 25.6. The van der Waals surface area contributed by atoms with E-state index in [-0.39, 0.29) is 7.92 Å². The summed E-state index contributed by atoms with van der Waals surface area (Å²) in [6.45, 7) is 30.8. The van der Waals surface area contributed by atoms with E-state index < -0.39 is 0 Å². The third-order valence-electron chi connectivity index (χ3n) is 5.16. The topological polar surface area (TPSA) is 0 Å². The highest BCUT2D eigenvalue weighted by Crippen LogP contribution is 2.22. The molecule has 0 heterocycles. The van der Waals surface area contributed by atoms with Gasteiger partial charge in [-0.3, -0.25) is 0 Å². The fourth-order valence-corrected chi connectivity index (χ4v) is 4.52. The standard InChI is InChI=1S/2C11H14.C8H11P.C2H4/c2*1-5-11-9(3)6-8(2)7-10(11)4;1-9(2)8-6-4-3-5-7-8;1-2/h2*5-7H,1H2,2-4H3;3-7H,1-2H3;1-2H2. The van der Waals surface area contributed by atoms with E-state index in [2.05, 4.69) is 136 Å². The van der Waals surface area contributed by atoms with Crippen LogP contribution in [0.4, 0.5) is 0 Å². The quantitative estimate of drug-likeness (QED) is 0.271. The zero-order valence-electron chi connectivity index (χ0n) is 22.1. The highest BCUT2D eigenvalue weighted by Gasteiger charge is 1.99. The molecule has 0 amide bonds. The number of hydrogen-bond donors (Lipinski definition) is 0. The Morgan fingerprint density at radius 3 is 1.09 bits per heavy atom. The van der Waals surface area contributed by atoms with Gasteiger partial charge in [-0.05, 0) is 93.6 Å². The molecule has 3 rings (SSSR count). The summed E-state index contributed by atoms with van der Waals surface area (Å²) in [5, 5.41) is 1.48. The molecule has 0 N–H and O–H groups in total. The van der Waals surface area contributed by atoms with E-state index in [9.17, 15) is 0 Å². The number of rotatable bonds is 3. The Morgan fingerprint density at radius 2 is 0.879 bits per heavy atom. The monoisotopic (exact) mass is 458 g/mol. The van der Waals surface area contributed by atoms with E-state index in [0.29, 0.717) is 0 Å². The van der Waals surface area contributed by atoms with E-state index in [1.54, 1.807) is 0 Å². The van der Waals surface area contributed by atoms with Gasteiger partial charge in [0.05, 0.1) is 0 Å². The molecule has 0 aliphatic rings. The van der Waals surface area contributed by atoms with Crippen molar-refractivity contribution < 1.29 is 0 Å². The molecule has 0 spiro atoms. The Bertz CT molecular complexity index is 902. The van der Waals surface area contributed by atoms with Gasteiger partial charge in [0.25, 0.3) is 0 Å². The van der Waals surface area contributed by atoms with Gasteiger partial charge < -0.3 is 0 Å². The Kier molecular flexibility index (Phi) is 14.7. The number of benzene rings is 3. The third kappa shape index (κ3) is 10.6. The lowest BCUT2D eigenvalue weighted by molar-refractivity contribution is 1.30. The summed E-state index contributed by atoms with van der Waals surface area (Å²) in [5.41, 5.74) is 10.5. The molecule has 3 aromatic rings. The lowest BCUT2D eigenvalue weighted by Gasteiger charge is -2.05. The van der Waals surface area contributed by atoms with Crippen LogP contribution in [0.2, 0.25) is 0 Å². The minimum Gasteiger partial charge on any atom is -0.106 e. The molecule has 0 bridgehead atoms. The minimum absolute atomic E-state index is 0.104. The van der Waals surface area contributed by atoms with Gasteiger partial charge in [-0.25, -0.2) is 0 Å². The molecule has 0 fully saturated rings. The molecule has 0 aromatic heterocycles. The molecule has 0 aliphatic carbocycles. The van der Waals surface area contributed by atoms with Crippen LogP contribution in [0.15, 0.2) is 80.9 Å². The molecule has 0 nitrogen and oxygen atoms in total. The van der Waals surface area contributed by atoms with Crippen LogP contribution in [0.3, 0.4) is 0 Å². The van der Waals surface area contributed by atoms with Gasteiger partial charge in [0, 0.05) is 0 Å². The second kappa shape index (κ2) is 16.0. The van der Waals surface area contributed by atoms with Crippen molar-refractivity contribution in [2.45, 2.75) is 41.5 Å². The summed E-state index contributed by atoms with van der Waals surface area (Å²) >= 11 is 0. The molecular weight excluding hydrogens is 415 g/mol. The molecule has 0 unspecified atom stereocenters. The largest absolute Gasteiger partial charge is 0.106 e. The smallest absolute Gasteiger partial charge is 0.0204 e. The molecule has 1 heteroatoms. The van der Waals surface area contributed by atoms with E-state index in [4.69, 9.17) is 0 Å². The maximum atomic E-state index is 3.78. The summed E-state index contributed by atoms with van der Waals surface area (Å²) in [7, 11) is 0.104. The van der Waals surface area contributed by atoms with Gasteiger partial charge >= 0.3 is 0 Å². The average Bonchev–Trinajstić information content (AvgIpc) is 2.76. The Labute approximate surface area is 205 Å². The minimum atomic E-state index is 0.104. The van der Waals surface area contributed by atoms with Gasteiger partial charge in [-0.15, -0.1) is 13.2 Å². The zero-order valence-corrected chi connectivity index (χ0v) is 23.0. The first-order valence-corrected chi connectivity index (χ1v) is 13.5. The van der Waals surface area contributed by atoms with Crippen molar-refractivity contribution in [3.63, 3.8) is 0 Å². The molecule has 0 radical (unpaired) electrons. The lowest BCUT2D eigenvalue weighted by atomic mass is 10.0. The molecule has 3 aromatic carbocycles. The van der Waals surface area contributed by atoms with Crippen molar-refractivity contribution >= 4 is 25.4 Å². The van der Waals surface area contributed by atoms with Gasteiger partial charge in [0.1, 0.15) is 0 Å². The van der Waals surface area contributed by atoms with Crippen LogP contribution >= 0.6 is 7.92 Å². The van der Waals surface area contributed by atoms with Crippen LogP contribution < -0.4 is 5.30 Å². The highest BCUT2D eigenvalue weighted by atomic mass is 31.1. The van der Waals surface area contributed by atoms with Crippen molar-refractivity contribution in [1.82, 2.24) is 0 Å². The Balaban J connectivity index is 0.000000450. The summed E-state index contributed by atoms with van der Waals surface area (Å²) in [6.07, 6.45) is 3.84. The van der Waals surface area contributed by atoms with Gasteiger partial charge in [0.2, 0.25) is 0 Å². The molecule has 0 saturated carbocycles. The molecule has 33 heavy (non-hydrogen) atoms. The second-order valence-corrected chi connectivity index (χ2v) is 10.6. The van der Waals surface area contributed by atoms with Crippen molar-refractivity contribution in [2.24, 2.45) is 0 Å². The average molecular weight is 459 g/mol. The van der Waals surface area contributed by atoms with Crippen molar-refractivity contribution in [3.8, 4) is 0 Å². The van der Waals surface area contributed by atoms with Gasteiger partial charge in [-0.1, -0.05) is 99.0 Å². The predicted octanol–water partition coefficient (Wildman–Crippen LogP) is 9.37. The summed E-state index contributed by atoms with van der Waals surface area (Å²) in [4.78, 5) is 0. The van der Waals surface area contributed by atoms with Crippen molar-refractivity contribution in [3.05, 3.63) is 125 Å². The predicted molar refractivity (Wildman–Crippen MR) is 158 cm³/mol. The van der Waals surface area contributed by atoms with Crippen molar-refractivity contribution in [1.29, 1.82) is 0 Å². The molecule has 0 saturated heterocycles. The van der Waals surface area contributed by atoms with E-state index in [1.165, 1.54) is 49.8 Å². The van der Waals surface area contributed by atoms with Crippen LogP contribution in [0.1, 0.15) is 44.5 Å². The van der Waals surface area contributed by atoms with Crippen LogP contribution in [0.5, 0.6) is 0 Å². The normalized spacial score (nSPS) is 9.36. The van der Waals surface area contributed by atoms with Crippen LogP contribution in [0.25, 0.3) is 12.2 Å². The molecular formula is C32H43P. The van der Waals surface area contributed by atoms with E-state index in [1.807, 2.05) is 12.2 Å². The fraction of sp³-hybridized carbons (Fsp3) is 0.250. The highest BCUT2D eigenvalue weighted by molar-refractivity contribution is 7.64. The SMILES string of the molecule is C=C.C=Cc1c(C)cc(C)cc1C.C=Cc1c(C)cc(C)cc1C.CP(C)c1ccccc1. The van der Waals surface area contributed by atoms with E-state index in [0.717, 1.165) is 0 Å². The van der Waals surface area contributed by atoms with Crippen LogP contribution in [-0.2, 0) is 0 Å². The van der Waals surface area contributed by atoms with Crippen molar-refractivity contribution in [2.75, 3.05) is 13.3 Å². The summed E-state index contributed by atoms with van der Waals surface area (Å²) in [6, 6.07) is 19.4. The van der Waals surface area contributed by atoms with Crippen LogP contribution in [0, 0.1) is 41.5 Å². The number of aryl methyl sites for hydroxylation is 6. The Morgan fingerprint density at radius 1 is 0.576 bits per heavy atom. The third-order valence-corrected chi connectivity index (χ3v) is 6.49. The number of hydrogen-bond acceptors (Lipinski definition) is 0. The second-order valence-electron chi connectivity index (χ2n) is 8.26. The fourth-order valence-electron chi connectivity index (χ4n) is 3.75.